The average Bonchev–Trinajstić information content (AvgIpc) is 2.73. The maximum absolute atomic E-state index is 13.2. The van der Waals surface area contributed by atoms with Gasteiger partial charge in [0.25, 0.3) is 5.91 Å². The van der Waals surface area contributed by atoms with Crippen molar-refractivity contribution < 1.29 is 14.3 Å². The van der Waals surface area contributed by atoms with E-state index in [1.807, 2.05) is 42.5 Å². The first-order valence-corrected chi connectivity index (χ1v) is 9.13. The molecular formula is C22H20N2O3. The van der Waals surface area contributed by atoms with E-state index in [4.69, 9.17) is 0 Å². The van der Waals surface area contributed by atoms with E-state index in [0.717, 1.165) is 29.2 Å². The standard InChI is InChI=1S/C22H20N2O3/c25-21(20-9-3-6-16-5-1-2-8-19(16)20)18-7-4-12-23(15-18)22(26)17-10-13-24(27)14-11-17/h1-3,5-6,8-11,13-14,18H,4,7,12,15H2/t18-/m1/s1. The van der Waals surface area contributed by atoms with Crippen molar-refractivity contribution in [3.63, 3.8) is 0 Å². The molecule has 1 fully saturated rings. The number of Topliss-reactive ketones (excluding diaryl/α,β-unsaturated/α-hetero) is 1. The third kappa shape index (κ3) is 3.40. The van der Waals surface area contributed by atoms with Gasteiger partial charge in [0.05, 0.1) is 5.56 Å². The van der Waals surface area contributed by atoms with Gasteiger partial charge in [-0.3, -0.25) is 9.59 Å². The second-order valence-electron chi connectivity index (χ2n) is 6.93. The van der Waals surface area contributed by atoms with Gasteiger partial charge >= 0.3 is 0 Å². The number of rotatable bonds is 3. The van der Waals surface area contributed by atoms with Gasteiger partial charge in [-0.05, 0) is 23.6 Å². The SMILES string of the molecule is O=C(c1cccc2ccccc12)[C@@H]1CCCN(C(=O)c2cc[n+]([O-])cc2)C1. The number of pyridine rings is 1. The van der Waals surface area contributed by atoms with E-state index in [1.54, 1.807) is 4.90 Å². The molecule has 2 heterocycles. The Morgan fingerprint density at radius 2 is 1.74 bits per heavy atom. The summed E-state index contributed by atoms with van der Waals surface area (Å²) in [6, 6.07) is 16.7. The number of fused-ring (bicyclic) bond motifs is 1. The third-order valence-corrected chi connectivity index (χ3v) is 5.18. The molecule has 0 spiro atoms. The Kier molecular flexibility index (Phi) is 4.59. The van der Waals surface area contributed by atoms with Crippen LogP contribution in [0.1, 0.15) is 33.6 Å². The minimum absolute atomic E-state index is 0.0924. The lowest BCUT2D eigenvalue weighted by atomic mass is 9.87. The number of amides is 1. The summed E-state index contributed by atoms with van der Waals surface area (Å²) in [5, 5.41) is 13.2. The zero-order valence-corrected chi connectivity index (χ0v) is 14.9. The molecule has 3 aromatic rings. The second-order valence-corrected chi connectivity index (χ2v) is 6.93. The fourth-order valence-electron chi connectivity index (χ4n) is 3.77. The summed E-state index contributed by atoms with van der Waals surface area (Å²) in [5.41, 5.74) is 1.19. The summed E-state index contributed by atoms with van der Waals surface area (Å²) >= 11 is 0. The molecule has 5 nitrogen and oxygen atoms in total. The Labute approximate surface area is 157 Å². The first-order valence-electron chi connectivity index (χ1n) is 9.13. The lowest BCUT2D eigenvalue weighted by Gasteiger charge is -2.32. The zero-order chi connectivity index (χ0) is 18.8. The van der Waals surface area contributed by atoms with Crippen LogP contribution in [0.5, 0.6) is 0 Å². The molecule has 1 amide bonds. The van der Waals surface area contributed by atoms with Crippen LogP contribution in [-0.2, 0) is 0 Å². The van der Waals surface area contributed by atoms with Crippen LogP contribution < -0.4 is 4.73 Å². The van der Waals surface area contributed by atoms with Gasteiger partial charge in [-0.25, -0.2) is 0 Å². The molecule has 0 bridgehead atoms. The number of ketones is 1. The quantitative estimate of drug-likeness (QED) is 0.409. The summed E-state index contributed by atoms with van der Waals surface area (Å²) < 4.78 is 0.653. The van der Waals surface area contributed by atoms with Crippen molar-refractivity contribution in [1.82, 2.24) is 4.90 Å². The molecule has 0 saturated carbocycles. The maximum atomic E-state index is 13.2. The van der Waals surface area contributed by atoms with Crippen LogP contribution in [0.15, 0.2) is 67.0 Å². The van der Waals surface area contributed by atoms with Gasteiger partial charge in [-0.1, -0.05) is 42.5 Å². The molecule has 0 aliphatic carbocycles. The first kappa shape index (κ1) is 17.2. The minimum Gasteiger partial charge on any atom is -0.619 e. The van der Waals surface area contributed by atoms with Crippen LogP contribution in [0.3, 0.4) is 0 Å². The summed E-state index contributed by atoms with van der Waals surface area (Å²) in [6.45, 7) is 1.04. The van der Waals surface area contributed by atoms with E-state index in [9.17, 15) is 14.8 Å². The van der Waals surface area contributed by atoms with Crippen LogP contribution in [-0.4, -0.2) is 29.7 Å². The average molecular weight is 360 g/mol. The highest BCUT2D eigenvalue weighted by atomic mass is 16.5. The number of aromatic nitrogens is 1. The van der Waals surface area contributed by atoms with Gasteiger partial charge in [0.2, 0.25) is 0 Å². The highest BCUT2D eigenvalue weighted by Gasteiger charge is 2.30. The molecule has 0 N–H and O–H groups in total. The smallest absolute Gasteiger partial charge is 0.254 e. The number of hydrogen-bond donors (Lipinski definition) is 0. The van der Waals surface area contributed by atoms with Gasteiger partial charge in [0, 0.05) is 36.7 Å². The van der Waals surface area contributed by atoms with E-state index in [-0.39, 0.29) is 17.6 Å². The number of hydrogen-bond acceptors (Lipinski definition) is 3. The maximum Gasteiger partial charge on any atom is 0.254 e. The summed E-state index contributed by atoms with van der Waals surface area (Å²) in [5.74, 6) is -0.248. The first-order chi connectivity index (χ1) is 13.1. The van der Waals surface area contributed by atoms with Crippen LogP contribution in [0.25, 0.3) is 10.8 Å². The van der Waals surface area contributed by atoms with Crippen LogP contribution in [0.2, 0.25) is 0 Å². The van der Waals surface area contributed by atoms with Crippen LogP contribution in [0, 0.1) is 11.1 Å². The van der Waals surface area contributed by atoms with Crippen LogP contribution >= 0.6 is 0 Å². The normalized spacial score (nSPS) is 17.0. The van der Waals surface area contributed by atoms with E-state index in [2.05, 4.69) is 0 Å². The van der Waals surface area contributed by atoms with E-state index in [0.29, 0.717) is 23.4 Å². The Bertz CT molecular complexity index is 993. The largest absolute Gasteiger partial charge is 0.619 e. The van der Waals surface area contributed by atoms with Crippen molar-refractivity contribution >= 4 is 22.5 Å². The number of carbonyl (C=O) groups is 2. The van der Waals surface area contributed by atoms with Crippen LogP contribution in [0.4, 0.5) is 0 Å². The molecule has 1 aromatic heterocycles. The van der Waals surface area contributed by atoms with Crippen molar-refractivity contribution in [2.45, 2.75) is 12.8 Å². The number of benzene rings is 2. The molecule has 1 aliphatic heterocycles. The van der Waals surface area contributed by atoms with Gasteiger partial charge in [0.15, 0.2) is 18.2 Å². The van der Waals surface area contributed by atoms with Gasteiger partial charge in [-0.15, -0.1) is 0 Å². The molecule has 136 valence electrons. The lowest BCUT2D eigenvalue weighted by Crippen LogP contribution is -2.42. The molecule has 5 heteroatoms. The van der Waals surface area contributed by atoms with Crippen molar-refractivity contribution in [3.05, 3.63) is 83.3 Å². The summed E-state index contributed by atoms with van der Waals surface area (Å²) in [4.78, 5) is 27.6. The molecule has 0 unspecified atom stereocenters. The molecule has 0 radical (unpaired) electrons. The highest BCUT2D eigenvalue weighted by molar-refractivity contribution is 6.09. The topological polar surface area (TPSA) is 64.3 Å². The van der Waals surface area contributed by atoms with E-state index in [1.165, 1.54) is 24.5 Å². The summed E-state index contributed by atoms with van der Waals surface area (Å²) in [7, 11) is 0. The van der Waals surface area contributed by atoms with Gasteiger partial charge in [-0.2, -0.15) is 4.73 Å². The van der Waals surface area contributed by atoms with Crippen molar-refractivity contribution in [3.8, 4) is 0 Å². The Morgan fingerprint density at radius 3 is 2.56 bits per heavy atom. The predicted molar refractivity (Wildman–Crippen MR) is 102 cm³/mol. The fourth-order valence-corrected chi connectivity index (χ4v) is 3.77. The number of nitrogens with zero attached hydrogens (tertiary/aromatic N) is 2. The molecule has 1 aliphatic rings. The van der Waals surface area contributed by atoms with E-state index >= 15 is 0 Å². The van der Waals surface area contributed by atoms with Gasteiger partial charge < -0.3 is 10.1 Å². The molecule has 2 aromatic carbocycles. The van der Waals surface area contributed by atoms with Crippen molar-refractivity contribution in [2.24, 2.45) is 5.92 Å². The molecule has 1 atom stereocenters. The molecule has 27 heavy (non-hydrogen) atoms. The third-order valence-electron chi connectivity index (χ3n) is 5.18. The van der Waals surface area contributed by atoms with Crippen molar-refractivity contribution in [2.75, 3.05) is 13.1 Å². The molecule has 1 saturated heterocycles. The fraction of sp³-hybridized carbons (Fsp3) is 0.227. The Balaban J connectivity index is 1.56. The Hall–Kier alpha value is -3.21. The monoisotopic (exact) mass is 360 g/mol. The van der Waals surface area contributed by atoms with Gasteiger partial charge in [0.1, 0.15) is 0 Å². The second kappa shape index (κ2) is 7.19. The highest BCUT2D eigenvalue weighted by Crippen LogP contribution is 2.26. The van der Waals surface area contributed by atoms with Crippen molar-refractivity contribution in [1.29, 1.82) is 0 Å². The Morgan fingerprint density at radius 1 is 1.00 bits per heavy atom. The lowest BCUT2D eigenvalue weighted by molar-refractivity contribution is -0.605. The number of likely N-dealkylation sites (tertiary alicyclic amines) is 1. The molecule has 4 rings (SSSR count). The molecular weight excluding hydrogens is 340 g/mol. The predicted octanol–water partition coefficient (Wildman–Crippen LogP) is 3.21. The number of carbonyl (C=O) groups excluding carboxylic acids is 2. The minimum atomic E-state index is -0.207. The van der Waals surface area contributed by atoms with E-state index < -0.39 is 0 Å². The summed E-state index contributed by atoms with van der Waals surface area (Å²) in [6.07, 6.45) is 4.20. The number of piperidine rings is 1. The zero-order valence-electron chi connectivity index (χ0n) is 14.9.